The highest BCUT2D eigenvalue weighted by molar-refractivity contribution is 7.99. The Kier molecular flexibility index (Phi) is 7.39. The SMILES string of the molecule is Cc1ccc(NC(=O)CSc2nnc(-c3ccco3)n2Cc2ccccc2)cc1S(=O)(=O)N(C)C. The first-order valence-electron chi connectivity index (χ1n) is 10.7. The lowest BCUT2D eigenvalue weighted by molar-refractivity contribution is -0.113. The van der Waals surface area contributed by atoms with Crippen LogP contribution in [0.25, 0.3) is 11.6 Å². The number of thioether (sulfide) groups is 1. The first kappa shape index (κ1) is 24.7. The van der Waals surface area contributed by atoms with Gasteiger partial charge in [0.2, 0.25) is 21.8 Å². The molecule has 1 amide bonds. The lowest BCUT2D eigenvalue weighted by Gasteiger charge is -2.15. The molecule has 0 aliphatic heterocycles. The molecule has 2 aromatic heterocycles. The molecule has 0 radical (unpaired) electrons. The molecule has 0 saturated carbocycles. The molecule has 9 nitrogen and oxygen atoms in total. The normalized spacial score (nSPS) is 11.7. The Labute approximate surface area is 208 Å². The van der Waals surface area contributed by atoms with Gasteiger partial charge in [-0.15, -0.1) is 10.2 Å². The van der Waals surface area contributed by atoms with Gasteiger partial charge in [0.25, 0.3) is 0 Å². The Morgan fingerprint density at radius 2 is 1.86 bits per heavy atom. The van der Waals surface area contributed by atoms with Crippen LogP contribution < -0.4 is 5.32 Å². The van der Waals surface area contributed by atoms with Crippen LogP contribution in [0.2, 0.25) is 0 Å². The van der Waals surface area contributed by atoms with Gasteiger partial charge in [0.05, 0.1) is 23.5 Å². The molecule has 4 rings (SSSR count). The quantitative estimate of drug-likeness (QED) is 0.340. The number of nitrogens with one attached hydrogen (secondary N) is 1. The lowest BCUT2D eigenvalue weighted by Crippen LogP contribution is -2.23. The molecule has 0 spiro atoms. The lowest BCUT2D eigenvalue weighted by atomic mass is 10.2. The summed E-state index contributed by atoms with van der Waals surface area (Å²) in [7, 11) is -0.686. The number of hydrogen-bond donors (Lipinski definition) is 1. The standard InChI is InChI=1S/C24H25N5O4S2/c1-17-11-12-19(14-21(17)35(31,32)28(2)3)25-22(30)16-34-24-27-26-23(20-10-7-13-33-20)29(24)15-18-8-5-4-6-9-18/h4-14H,15-16H2,1-3H3,(H,25,30). The van der Waals surface area contributed by atoms with Gasteiger partial charge >= 0.3 is 0 Å². The Bertz CT molecular complexity index is 1420. The molecule has 0 bridgehead atoms. The zero-order valence-electron chi connectivity index (χ0n) is 19.5. The number of anilines is 1. The third-order valence-corrected chi connectivity index (χ3v) is 8.13. The Morgan fingerprint density at radius 1 is 1.09 bits per heavy atom. The average Bonchev–Trinajstić information content (AvgIpc) is 3.49. The molecule has 35 heavy (non-hydrogen) atoms. The van der Waals surface area contributed by atoms with Crippen LogP contribution in [0.4, 0.5) is 5.69 Å². The van der Waals surface area contributed by atoms with Crippen molar-refractivity contribution < 1.29 is 17.6 Å². The van der Waals surface area contributed by atoms with Crippen molar-refractivity contribution in [2.45, 2.75) is 23.5 Å². The van der Waals surface area contributed by atoms with E-state index < -0.39 is 10.0 Å². The van der Waals surface area contributed by atoms with E-state index in [4.69, 9.17) is 4.42 Å². The van der Waals surface area contributed by atoms with E-state index in [1.54, 1.807) is 31.4 Å². The van der Waals surface area contributed by atoms with Gasteiger partial charge in [0.1, 0.15) is 0 Å². The van der Waals surface area contributed by atoms with Crippen molar-refractivity contribution in [3.8, 4) is 11.6 Å². The zero-order valence-corrected chi connectivity index (χ0v) is 21.1. The van der Waals surface area contributed by atoms with Crippen LogP contribution >= 0.6 is 11.8 Å². The first-order valence-corrected chi connectivity index (χ1v) is 13.1. The summed E-state index contributed by atoms with van der Waals surface area (Å²) in [6.45, 7) is 2.23. The molecule has 0 aliphatic rings. The number of aryl methyl sites for hydroxylation is 1. The van der Waals surface area contributed by atoms with Crippen molar-refractivity contribution in [1.82, 2.24) is 19.1 Å². The van der Waals surface area contributed by atoms with Gasteiger partial charge in [-0.2, -0.15) is 0 Å². The van der Waals surface area contributed by atoms with E-state index in [1.165, 1.54) is 31.9 Å². The van der Waals surface area contributed by atoms with Crippen molar-refractivity contribution in [3.05, 3.63) is 78.1 Å². The highest BCUT2D eigenvalue weighted by Gasteiger charge is 2.21. The highest BCUT2D eigenvalue weighted by atomic mass is 32.2. The molecular weight excluding hydrogens is 486 g/mol. The fourth-order valence-electron chi connectivity index (χ4n) is 3.37. The van der Waals surface area contributed by atoms with E-state index in [9.17, 15) is 13.2 Å². The molecule has 2 heterocycles. The predicted octanol–water partition coefficient (Wildman–Crippen LogP) is 3.88. The molecule has 11 heteroatoms. The van der Waals surface area contributed by atoms with E-state index in [-0.39, 0.29) is 16.6 Å². The Balaban J connectivity index is 1.51. The zero-order chi connectivity index (χ0) is 25.0. The van der Waals surface area contributed by atoms with Crippen molar-refractivity contribution in [2.24, 2.45) is 0 Å². The number of carbonyl (C=O) groups is 1. The summed E-state index contributed by atoms with van der Waals surface area (Å²) >= 11 is 1.24. The maximum absolute atomic E-state index is 12.7. The van der Waals surface area contributed by atoms with E-state index in [0.717, 1.165) is 9.87 Å². The van der Waals surface area contributed by atoms with Crippen LogP contribution in [0.1, 0.15) is 11.1 Å². The second-order valence-electron chi connectivity index (χ2n) is 7.96. The van der Waals surface area contributed by atoms with Crippen LogP contribution in [0, 0.1) is 6.92 Å². The largest absolute Gasteiger partial charge is 0.461 e. The predicted molar refractivity (Wildman–Crippen MR) is 135 cm³/mol. The van der Waals surface area contributed by atoms with Gasteiger partial charge in [0, 0.05) is 19.8 Å². The van der Waals surface area contributed by atoms with Crippen molar-refractivity contribution in [1.29, 1.82) is 0 Å². The van der Waals surface area contributed by atoms with E-state index in [0.29, 0.717) is 34.5 Å². The summed E-state index contributed by atoms with van der Waals surface area (Å²) in [5.74, 6) is 0.924. The van der Waals surface area contributed by atoms with E-state index in [1.807, 2.05) is 41.0 Å². The second-order valence-corrected chi connectivity index (χ2v) is 11.0. The van der Waals surface area contributed by atoms with Crippen molar-refractivity contribution in [2.75, 3.05) is 25.2 Å². The van der Waals surface area contributed by atoms with Crippen LogP contribution in [0.15, 0.2) is 81.4 Å². The number of benzene rings is 2. The van der Waals surface area contributed by atoms with Gasteiger partial charge in [0.15, 0.2) is 10.9 Å². The number of hydrogen-bond acceptors (Lipinski definition) is 7. The number of furan rings is 1. The van der Waals surface area contributed by atoms with Gasteiger partial charge < -0.3 is 9.73 Å². The highest BCUT2D eigenvalue weighted by Crippen LogP contribution is 2.26. The molecule has 0 saturated heterocycles. The van der Waals surface area contributed by atoms with Gasteiger partial charge in [-0.3, -0.25) is 9.36 Å². The molecule has 0 atom stereocenters. The third kappa shape index (κ3) is 5.64. The molecule has 2 aromatic carbocycles. The minimum absolute atomic E-state index is 0.0642. The Morgan fingerprint density at radius 3 is 2.54 bits per heavy atom. The molecule has 0 aliphatic carbocycles. The van der Waals surface area contributed by atoms with Crippen molar-refractivity contribution in [3.63, 3.8) is 0 Å². The minimum atomic E-state index is -3.63. The summed E-state index contributed by atoms with van der Waals surface area (Å²) < 4.78 is 33.7. The summed E-state index contributed by atoms with van der Waals surface area (Å²) in [4.78, 5) is 12.9. The third-order valence-electron chi connectivity index (χ3n) is 5.20. The fraction of sp³-hybridized carbons (Fsp3) is 0.208. The number of amides is 1. The number of rotatable bonds is 9. The summed E-state index contributed by atoms with van der Waals surface area (Å²) in [6.07, 6.45) is 1.57. The topological polar surface area (TPSA) is 110 Å². The summed E-state index contributed by atoms with van der Waals surface area (Å²) in [5, 5.41) is 11.9. The molecular formula is C24H25N5O4S2. The van der Waals surface area contributed by atoms with Gasteiger partial charge in [-0.05, 0) is 42.3 Å². The molecule has 0 unspecified atom stereocenters. The minimum Gasteiger partial charge on any atom is -0.461 e. The molecule has 0 fully saturated rings. The molecule has 4 aromatic rings. The second kappa shape index (κ2) is 10.5. The van der Waals surface area contributed by atoms with Gasteiger partial charge in [-0.25, -0.2) is 12.7 Å². The van der Waals surface area contributed by atoms with E-state index in [2.05, 4.69) is 15.5 Å². The van der Waals surface area contributed by atoms with Crippen LogP contribution in [-0.2, 0) is 21.4 Å². The Hall–Kier alpha value is -3.41. The maximum atomic E-state index is 12.7. The fourth-order valence-corrected chi connectivity index (χ4v) is 5.25. The molecule has 1 N–H and O–H groups in total. The number of carbonyl (C=O) groups excluding carboxylic acids is 1. The summed E-state index contributed by atoms with van der Waals surface area (Å²) in [5.41, 5.74) is 2.06. The van der Waals surface area contributed by atoms with Gasteiger partial charge in [-0.1, -0.05) is 48.2 Å². The number of aromatic nitrogens is 3. The number of sulfonamides is 1. The summed E-state index contributed by atoms with van der Waals surface area (Å²) in [6, 6.07) is 18.3. The van der Waals surface area contributed by atoms with Crippen LogP contribution in [0.5, 0.6) is 0 Å². The van der Waals surface area contributed by atoms with E-state index >= 15 is 0 Å². The van der Waals surface area contributed by atoms with Crippen molar-refractivity contribution >= 4 is 33.4 Å². The van der Waals surface area contributed by atoms with Crippen LogP contribution in [-0.4, -0.2) is 53.2 Å². The van der Waals surface area contributed by atoms with Crippen LogP contribution in [0.3, 0.4) is 0 Å². The first-order chi connectivity index (χ1) is 16.8. The maximum Gasteiger partial charge on any atom is 0.242 e. The smallest absolute Gasteiger partial charge is 0.242 e. The average molecular weight is 512 g/mol. The number of nitrogens with zero attached hydrogens (tertiary/aromatic N) is 4. The monoisotopic (exact) mass is 511 g/mol. The molecule has 182 valence electrons.